The van der Waals surface area contributed by atoms with Crippen LogP contribution in [0.2, 0.25) is 0 Å². The van der Waals surface area contributed by atoms with Gasteiger partial charge in [0, 0.05) is 32.0 Å². The summed E-state index contributed by atoms with van der Waals surface area (Å²) in [5.74, 6) is 3.44. The number of rotatable bonds is 5. The number of nitrogens with zero attached hydrogens (tertiary/aromatic N) is 2. The molecule has 0 radical (unpaired) electrons. The lowest BCUT2D eigenvalue weighted by molar-refractivity contribution is -0.140. The van der Waals surface area contributed by atoms with Gasteiger partial charge in [0.25, 0.3) is 5.91 Å². The van der Waals surface area contributed by atoms with E-state index in [4.69, 9.17) is 4.74 Å². The van der Waals surface area contributed by atoms with E-state index in [9.17, 15) is 24.0 Å². The number of anilines is 1. The average Bonchev–Trinajstić information content (AvgIpc) is 3.17. The Labute approximate surface area is 213 Å². The molecule has 2 aromatic carbocycles. The Kier molecular flexibility index (Phi) is 7.83. The van der Waals surface area contributed by atoms with E-state index in [-0.39, 0.29) is 44.4 Å². The zero-order valence-electron chi connectivity index (χ0n) is 20.3. The number of likely N-dealkylation sites (N-methyl/N-ethyl adjacent to an activating group) is 1. The van der Waals surface area contributed by atoms with Crippen molar-refractivity contribution in [3.05, 3.63) is 59.7 Å². The van der Waals surface area contributed by atoms with Gasteiger partial charge in [0.05, 0.1) is 12.2 Å². The molecule has 0 aliphatic carbocycles. The van der Waals surface area contributed by atoms with Gasteiger partial charge in [-0.05, 0) is 30.2 Å². The van der Waals surface area contributed by atoms with Gasteiger partial charge in [0.15, 0.2) is 0 Å². The summed E-state index contributed by atoms with van der Waals surface area (Å²) >= 11 is 0. The van der Waals surface area contributed by atoms with Gasteiger partial charge in [-0.25, -0.2) is 0 Å². The maximum Gasteiger partial charge on any atom is 0.310 e. The lowest BCUT2D eigenvalue weighted by Crippen LogP contribution is -2.53. The topological polar surface area (TPSA) is 125 Å². The molecule has 0 saturated carbocycles. The smallest absolute Gasteiger partial charge is 0.310 e. The molecule has 37 heavy (non-hydrogen) atoms. The Morgan fingerprint density at radius 2 is 1.76 bits per heavy atom. The lowest BCUT2D eigenvalue weighted by Gasteiger charge is -2.20. The number of nitrogens with one attached hydrogen (secondary N) is 2. The number of carbonyl (C=O) groups excluding carboxylic acids is 5. The number of imide groups is 1. The molecule has 10 heteroatoms. The molecule has 5 amide bonds. The van der Waals surface area contributed by atoms with Crippen LogP contribution in [0.5, 0.6) is 5.75 Å². The Balaban J connectivity index is 1.35. The number of amides is 5. The van der Waals surface area contributed by atoms with Crippen molar-refractivity contribution in [1.29, 1.82) is 0 Å². The van der Waals surface area contributed by atoms with Gasteiger partial charge >= 0.3 is 11.8 Å². The first kappa shape index (κ1) is 25.4. The monoisotopic (exact) mass is 502 g/mol. The van der Waals surface area contributed by atoms with E-state index in [0.717, 1.165) is 10.5 Å². The molecular weight excluding hydrogens is 476 g/mol. The highest BCUT2D eigenvalue weighted by Gasteiger charge is 2.32. The van der Waals surface area contributed by atoms with Crippen LogP contribution < -0.4 is 20.3 Å². The quantitative estimate of drug-likeness (QED) is 0.346. The number of ether oxygens (including phenoxy) is 1. The normalized spacial score (nSPS) is 16.8. The van der Waals surface area contributed by atoms with E-state index < -0.39 is 23.8 Å². The zero-order chi connectivity index (χ0) is 26.4. The third kappa shape index (κ3) is 6.13. The summed E-state index contributed by atoms with van der Waals surface area (Å²) in [4.78, 5) is 63.5. The van der Waals surface area contributed by atoms with Gasteiger partial charge < -0.3 is 20.3 Å². The fourth-order valence-corrected chi connectivity index (χ4v) is 3.97. The maximum absolute atomic E-state index is 13.0. The van der Waals surface area contributed by atoms with Crippen molar-refractivity contribution in [3.8, 4) is 17.6 Å². The van der Waals surface area contributed by atoms with Crippen molar-refractivity contribution in [2.45, 2.75) is 25.3 Å². The third-order valence-corrected chi connectivity index (χ3v) is 6.03. The third-order valence-electron chi connectivity index (χ3n) is 6.03. The van der Waals surface area contributed by atoms with Crippen molar-refractivity contribution in [2.75, 3.05) is 31.6 Å². The molecular formula is C27H26N4O6. The summed E-state index contributed by atoms with van der Waals surface area (Å²) < 4.78 is 5.74. The SMILES string of the molecule is CN1C(=O)[C@@H](NC(=O)C(=O)NCCc2ccccc2)COc2ccc(C#CCN3C(=O)CCC3=O)cc21. The van der Waals surface area contributed by atoms with E-state index in [2.05, 4.69) is 22.5 Å². The molecule has 0 aromatic heterocycles. The predicted molar refractivity (Wildman–Crippen MR) is 133 cm³/mol. The molecule has 4 rings (SSSR count). The molecule has 2 heterocycles. The van der Waals surface area contributed by atoms with Crippen LogP contribution in [0.15, 0.2) is 48.5 Å². The fraction of sp³-hybridized carbons (Fsp3) is 0.296. The second-order valence-corrected chi connectivity index (χ2v) is 8.58. The van der Waals surface area contributed by atoms with Crippen LogP contribution in [0.3, 0.4) is 0 Å². The summed E-state index contributed by atoms with van der Waals surface area (Å²) in [5, 5.41) is 5.00. The Hall–Kier alpha value is -4.65. The Morgan fingerprint density at radius 3 is 2.49 bits per heavy atom. The second kappa shape index (κ2) is 11.4. The van der Waals surface area contributed by atoms with Gasteiger partial charge in [-0.2, -0.15) is 0 Å². The highest BCUT2D eigenvalue weighted by Crippen LogP contribution is 2.31. The molecule has 2 N–H and O–H groups in total. The summed E-state index contributed by atoms with van der Waals surface area (Å²) in [6, 6.07) is 13.5. The van der Waals surface area contributed by atoms with Gasteiger partial charge in [-0.15, -0.1) is 0 Å². The van der Waals surface area contributed by atoms with Crippen LogP contribution >= 0.6 is 0 Å². The summed E-state index contributed by atoms with van der Waals surface area (Å²) in [5.41, 5.74) is 2.02. The molecule has 1 atom stereocenters. The number of hydrogen-bond acceptors (Lipinski definition) is 6. The van der Waals surface area contributed by atoms with E-state index in [1.165, 1.54) is 11.9 Å². The van der Waals surface area contributed by atoms with Crippen LogP contribution in [0.1, 0.15) is 24.0 Å². The number of fused-ring (bicyclic) bond motifs is 1. The van der Waals surface area contributed by atoms with Crippen LogP contribution in [0, 0.1) is 11.8 Å². The van der Waals surface area contributed by atoms with Gasteiger partial charge in [-0.3, -0.25) is 28.9 Å². The number of carbonyl (C=O) groups is 5. The van der Waals surface area contributed by atoms with E-state index in [1.54, 1.807) is 18.2 Å². The molecule has 0 bridgehead atoms. The van der Waals surface area contributed by atoms with Crippen LogP contribution in [-0.2, 0) is 30.4 Å². The zero-order valence-corrected chi connectivity index (χ0v) is 20.3. The number of benzene rings is 2. The van der Waals surface area contributed by atoms with Gasteiger partial charge in [0.2, 0.25) is 11.8 Å². The standard InChI is InChI=1S/C27H26N4O6/c1-30-21-16-19(8-5-15-31-23(32)11-12-24(31)33)9-10-22(21)37-17-20(27(30)36)29-26(35)25(34)28-14-13-18-6-3-2-4-7-18/h2-4,6-7,9-10,16,20H,11-15,17H2,1H3,(H,28,34)(H,29,35)/t20-/m0/s1. The first-order chi connectivity index (χ1) is 17.8. The lowest BCUT2D eigenvalue weighted by atomic mass is 10.1. The number of hydrogen-bond donors (Lipinski definition) is 2. The minimum atomic E-state index is -1.06. The Bertz CT molecular complexity index is 1280. The predicted octanol–water partition coefficient (Wildman–Crippen LogP) is 0.386. The highest BCUT2D eigenvalue weighted by molar-refractivity contribution is 6.35. The largest absolute Gasteiger partial charge is 0.489 e. The average molecular weight is 503 g/mol. The minimum Gasteiger partial charge on any atom is -0.489 e. The number of likely N-dealkylation sites (tertiary alicyclic amines) is 1. The van der Waals surface area contributed by atoms with Crippen LogP contribution in [0.4, 0.5) is 5.69 Å². The fourth-order valence-electron chi connectivity index (χ4n) is 3.97. The molecule has 2 aromatic rings. The van der Waals surface area contributed by atoms with Crippen LogP contribution in [-0.4, -0.2) is 67.2 Å². The molecule has 2 aliphatic heterocycles. The van der Waals surface area contributed by atoms with Crippen molar-refractivity contribution in [2.24, 2.45) is 0 Å². The molecule has 190 valence electrons. The minimum absolute atomic E-state index is 0.00153. The van der Waals surface area contributed by atoms with E-state index >= 15 is 0 Å². The molecule has 1 saturated heterocycles. The van der Waals surface area contributed by atoms with Gasteiger partial charge in [0.1, 0.15) is 18.4 Å². The first-order valence-electron chi connectivity index (χ1n) is 11.8. The first-order valence-corrected chi connectivity index (χ1v) is 11.8. The molecule has 1 fully saturated rings. The van der Waals surface area contributed by atoms with Crippen molar-refractivity contribution >= 4 is 35.2 Å². The molecule has 2 aliphatic rings. The van der Waals surface area contributed by atoms with Crippen LogP contribution in [0.25, 0.3) is 0 Å². The molecule has 0 unspecified atom stereocenters. The summed E-state index contributed by atoms with van der Waals surface area (Å²) in [6.07, 6.45) is 0.979. The van der Waals surface area contributed by atoms with Crippen molar-refractivity contribution < 1.29 is 28.7 Å². The molecule has 10 nitrogen and oxygen atoms in total. The summed E-state index contributed by atoms with van der Waals surface area (Å²) in [7, 11) is 1.54. The van der Waals surface area contributed by atoms with Gasteiger partial charge in [-0.1, -0.05) is 42.2 Å². The van der Waals surface area contributed by atoms with Crippen molar-refractivity contribution in [1.82, 2.24) is 15.5 Å². The summed E-state index contributed by atoms with van der Waals surface area (Å²) in [6.45, 7) is 0.131. The van der Waals surface area contributed by atoms with E-state index in [0.29, 0.717) is 23.4 Å². The maximum atomic E-state index is 13.0. The Morgan fingerprint density at radius 1 is 1.03 bits per heavy atom. The van der Waals surface area contributed by atoms with E-state index in [1.807, 2.05) is 30.3 Å². The molecule has 0 spiro atoms. The highest BCUT2D eigenvalue weighted by atomic mass is 16.5. The van der Waals surface area contributed by atoms with Crippen molar-refractivity contribution in [3.63, 3.8) is 0 Å². The second-order valence-electron chi connectivity index (χ2n) is 8.58.